The Hall–Kier alpha value is -1.70. The Morgan fingerprint density at radius 3 is 2.90 bits per heavy atom. The Labute approximate surface area is 127 Å². The van der Waals surface area contributed by atoms with Gasteiger partial charge in [-0.25, -0.2) is 4.98 Å². The monoisotopic (exact) mass is 308 g/mol. The normalized spacial score (nSPS) is 12.0. The zero-order valence-corrected chi connectivity index (χ0v) is 13.2. The zero-order valence-electron chi connectivity index (χ0n) is 12.4. The van der Waals surface area contributed by atoms with E-state index in [1.165, 1.54) is 11.3 Å². The molecule has 0 unspecified atom stereocenters. The molecule has 6 nitrogen and oxygen atoms in total. The number of benzene rings is 1. The number of carbonyl (C=O) groups is 1. The van der Waals surface area contributed by atoms with Crippen molar-refractivity contribution in [2.45, 2.75) is 19.4 Å². The maximum atomic E-state index is 12.0. The molecule has 1 heterocycles. The van der Waals surface area contributed by atoms with Crippen LogP contribution in [0.25, 0.3) is 10.2 Å². The summed E-state index contributed by atoms with van der Waals surface area (Å²) >= 11 is 1.39. The molecule has 1 amide bonds. The van der Waals surface area contributed by atoms with E-state index in [0.29, 0.717) is 10.8 Å². The van der Waals surface area contributed by atoms with Crippen LogP contribution in [0.5, 0.6) is 0 Å². The zero-order chi connectivity index (χ0) is 15.6. The van der Waals surface area contributed by atoms with Gasteiger partial charge in [0.15, 0.2) is 5.13 Å². The molecule has 114 valence electrons. The summed E-state index contributed by atoms with van der Waals surface area (Å²) in [5.74, 6) is -0.161. The largest absolute Gasteiger partial charge is 0.399 e. The van der Waals surface area contributed by atoms with Crippen LogP contribution in [-0.4, -0.2) is 46.6 Å². The van der Waals surface area contributed by atoms with Crippen molar-refractivity contribution in [2.75, 3.05) is 31.2 Å². The van der Waals surface area contributed by atoms with Gasteiger partial charge in [0.25, 0.3) is 0 Å². The molecule has 7 heteroatoms. The van der Waals surface area contributed by atoms with E-state index in [1.807, 2.05) is 26.0 Å². The number of rotatable bonds is 5. The lowest BCUT2D eigenvalue weighted by Crippen LogP contribution is -2.47. The number of hydrogen-bond acceptors (Lipinski definition) is 6. The molecule has 4 N–H and O–H groups in total. The first-order valence-electron chi connectivity index (χ1n) is 6.60. The van der Waals surface area contributed by atoms with Gasteiger partial charge in [0, 0.05) is 11.2 Å². The van der Waals surface area contributed by atoms with Gasteiger partial charge in [-0.1, -0.05) is 11.3 Å². The van der Waals surface area contributed by atoms with Gasteiger partial charge in [-0.05, 0) is 39.1 Å². The summed E-state index contributed by atoms with van der Waals surface area (Å²) in [7, 11) is 1.80. The van der Waals surface area contributed by atoms with Crippen LogP contribution in [0.3, 0.4) is 0 Å². The molecule has 2 aromatic rings. The highest BCUT2D eigenvalue weighted by Crippen LogP contribution is 2.27. The van der Waals surface area contributed by atoms with Crippen LogP contribution in [0, 0.1) is 0 Å². The average molecular weight is 308 g/mol. The lowest BCUT2D eigenvalue weighted by atomic mass is 10.1. The van der Waals surface area contributed by atoms with Crippen LogP contribution in [0.2, 0.25) is 0 Å². The van der Waals surface area contributed by atoms with E-state index in [1.54, 1.807) is 18.0 Å². The van der Waals surface area contributed by atoms with Gasteiger partial charge in [0.1, 0.15) is 0 Å². The summed E-state index contributed by atoms with van der Waals surface area (Å²) in [6.45, 7) is 3.92. The quantitative estimate of drug-likeness (QED) is 0.728. The molecule has 0 atom stereocenters. The second-order valence-corrected chi connectivity index (χ2v) is 6.65. The molecule has 0 bridgehead atoms. The number of anilines is 2. The first kappa shape index (κ1) is 15.7. The number of nitrogens with two attached hydrogens (primary N) is 1. The summed E-state index contributed by atoms with van der Waals surface area (Å²) in [5, 5.41) is 12.6. The van der Waals surface area contributed by atoms with Gasteiger partial charge in [-0.15, -0.1) is 0 Å². The van der Waals surface area contributed by atoms with Crippen molar-refractivity contribution in [3.63, 3.8) is 0 Å². The van der Waals surface area contributed by atoms with Crippen LogP contribution < -0.4 is 11.1 Å². The second kappa shape index (κ2) is 5.97. The number of nitrogen functional groups attached to an aromatic ring is 1. The number of aromatic nitrogens is 1. The molecule has 0 spiro atoms. The smallest absolute Gasteiger partial charge is 0.240 e. The Balaban J connectivity index is 2.04. The van der Waals surface area contributed by atoms with E-state index < -0.39 is 5.54 Å². The molecule has 0 fully saturated rings. The number of fused-ring (bicyclic) bond motifs is 1. The fraction of sp³-hybridized carbons (Fsp3) is 0.429. The first-order chi connectivity index (χ1) is 9.81. The lowest BCUT2D eigenvalue weighted by Gasteiger charge is -2.33. The number of thiazole rings is 1. The third-order valence-corrected chi connectivity index (χ3v) is 4.39. The molecule has 0 radical (unpaired) electrons. The molecule has 1 aromatic heterocycles. The van der Waals surface area contributed by atoms with Crippen molar-refractivity contribution in [3.8, 4) is 0 Å². The highest BCUT2D eigenvalue weighted by atomic mass is 32.1. The minimum atomic E-state index is -0.445. The van der Waals surface area contributed by atoms with E-state index in [2.05, 4.69) is 10.3 Å². The summed E-state index contributed by atoms with van der Waals surface area (Å²) in [6, 6.07) is 5.45. The molecule has 2 rings (SSSR count). The Bertz CT molecular complexity index is 653. The third kappa shape index (κ3) is 3.69. The predicted molar refractivity (Wildman–Crippen MR) is 86.5 cm³/mol. The van der Waals surface area contributed by atoms with E-state index in [4.69, 9.17) is 5.73 Å². The van der Waals surface area contributed by atoms with Crippen molar-refractivity contribution >= 4 is 38.3 Å². The second-order valence-electron chi connectivity index (χ2n) is 5.62. The Morgan fingerprint density at radius 2 is 2.24 bits per heavy atom. The van der Waals surface area contributed by atoms with Gasteiger partial charge in [0.05, 0.1) is 23.4 Å². The number of nitrogens with one attached hydrogen (secondary N) is 1. The van der Waals surface area contributed by atoms with Gasteiger partial charge >= 0.3 is 0 Å². The Kier molecular flexibility index (Phi) is 4.46. The average Bonchev–Trinajstić information content (AvgIpc) is 2.79. The van der Waals surface area contributed by atoms with E-state index in [0.717, 1.165) is 10.2 Å². The topological polar surface area (TPSA) is 91.5 Å². The van der Waals surface area contributed by atoms with Crippen molar-refractivity contribution in [1.82, 2.24) is 9.88 Å². The molecule has 0 aliphatic heterocycles. The highest BCUT2D eigenvalue weighted by Gasteiger charge is 2.24. The van der Waals surface area contributed by atoms with Gasteiger partial charge in [0.2, 0.25) is 5.91 Å². The Morgan fingerprint density at radius 1 is 1.52 bits per heavy atom. The molecule has 1 aromatic carbocycles. The van der Waals surface area contributed by atoms with Crippen molar-refractivity contribution < 1.29 is 9.90 Å². The predicted octanol–water partition coefficient (Wildman–Crippen LogP) is 1.52. The maximum absolute atomic E-state index is 12.0. The van der Waals surface area contributed by atoms with Crippen LogP contribution >= 0.6 is 11.3 Å². The highest BCUT2D eigenvalue weighted by molar-refractivity contribution is 7.22. The fourth-order valence-electron chi connectivity index (χ4n) is 1.70. The van der Waals surface area contributed by atoms with Crippen LogP contribution in [0.4, 0.5) is 10.8 Å². The van der Waals surface area contributed by atoms with E-state index >= 15 is 0 Å². The van der Waals surface area contributed by atoms with Crippen LogP contribution in [0.1, 0.15) is 13.8 Å². The number of amides is 1. The number of carbonyl (C=O) groups excluding carboxylic acids is 1. The molecule has 0 aliphatic carbocycles. The third-order valence-electron chi connectivity index (χ3n) is 3.46. The number of aliphatic hydroxyl groups excluding tert-OH is 1. The van der Waals surface area contributed by atoms with Crippen molar-refractivity contribution in [3.05, 3.63) is 18.2 Å². The van der Waals surface area contributed by atoms with Crippen molar-refractivity contribution in [1.29, 1.82) is 0 Å². The van der Waals surface area contributed by atoms with Crippen LogP contribution in [-0.2, 0) is 4.79 Å². The molecule has 0 saturated carbocycles. The molecule has 21 heavy (non-hydrogen) atoms. The first-order valence-corrected chi connectivity index (χ1v) is 7.41. The maximum Gasteiger partial charge on any atom is 0.240 e. The molecular formula is C14H20N4O2S. The molecular weight excluding hydrogens is 288 g/mol. The fourth-order valence-corrected chi connectivity index (χ4v) is 2.63. The number of nitrogens with zero attached hydrogens (tertiary/aromatic N) is 2. The van der Waals surface area contributed by atoms with Crippen molar-refractivity contribution in [2.24, 2.45) is 0 Å². The standard InChI is InChI=1S/C14H20N4O2S/c1-14(2,8-19)18(3)7-12(20)17-13-16-10-5-4-9(15)6-11(10)21-13/h4-6,19H,7-8,15H2,1-3H3,(H,16,17,20). The molecule has 0 aliphatic rings. The number of likely N-dealkylation sites (N-methyl/N-ethyl adjacent to an activating group) is 1. The van der Waals surface area contributed by atoms with E-state index in [9.17, 15) is 9.90 Å². The number of hydrogen-bond donors (Lipinski definition) is 3. The minimum absolute atomic E-state index is 0.0167. The molecule has 0 saturated heterocycles. The SMILES string of the molecule is CN(CC(=O)Nc1nc2ccc(N)cc2s1)C(C)(C)CO. The minimum Gasteiger partial charge on any atom is -0.399 e. The lowest BCUT2D eigenvalue weighted by molar-refractivity contribution is -0.118. The number of aliphatic hydroxyl groups is 1. The van der Waals surface area contributed by atoms with Crippen LogP contribution in [0.15, 0.2) is 18.2 Å². The summed E-state index contributed by atoms with van der Waals surface area (Å²) < 4.78 is 0.939. The summed E-state index contributed by atoms with van der Waals surface area (Å²) in [4.78, 5) is 18.2. The summed E-state index contributed by atoms with van der Waals surface area (Å²) in [6.07, 6.45) is 0. The summed E-state index contributed by atoms with van der Waals surface area (Å²) in [5.41, 5.74) is 6.77. The van der Waals surface area contributed by atoms with Gasteiger partial charge < -0.3 is 16.2 Å². The van der Waals surface area contributed by atoms with E-state index in [-0.39, 0.29) is 19.1 Å². The van der Waals surface area contributed by atoms with Gasteiger partial charge in [-0.2, -0.15) is 0 Å². The van der Waals surface area contributed by atoms with Gasteiger partial charge in [-0.3, -0.25) is 9.69 Å².